The Morgan fingerprint density at radius 2 is 2.00 bits per heavy atom. The number of hydrogen-bond donors (Lipinski definition) is 1. The second-order valence-electron chi connectivity index (χ2n) is 6.35. The molecule has 1 fully saturated rings. The summed E-state index contributed by atoms with van der Waals surface area (Å²) in [5, 5.41) is 2.75. The molecule has 25 heavy (non-hydrogen) atoms. The maximum atomic E-state index is 12.4. The van der Waals surface area contributed by atoms with Crippen LogP contribution in [0.3, 0.4) is 0 Å². The lowest BCUT2D eigenvalue weighted by Crippen LogP contribution is -2.43. The minimum atomic E-state index is -0.887. The lowest BCUT2D eigenvalue weighted by atomic mass is 9.98. The number of nitrogens with zero attached hydrogens (tertiary/aromatic N) is 1. The fourth-order valence-corrected chi connectivity index (χ4v) is 2.69. The molecule has 0 unspecified atom stereocenters. The minimum Gasteiger partial charge on any atom is -0.452 e. The highest BCUT2D eigenvalue weighted by atomic mass is 16.5. The summed E-state index contributed by atoms with van der Waals surface area (Å²) < 4.78 is 5.07. The molecule has 0 bridgehead atoms. The quantitative estimate of drug-likeness (QED) is 0.609. The van der Waals surface area contributed by atoms with Gasteiger partial charge < -0.3 is 10.1 Å². The molecule has 3 amide bonds. The van der Waals surface area contributed by atoms with Crippen LogP contribution in [0.15, 0.2) is 24.3 Å². The smallest absolute Gasteiger partial charge is 0.308 e. The highest BCUT2D eigenvalue weighted by Gasteiger charge is 2.31. The van der Waals surface area contributed by atoms with Gasteiger partial charge in [0.25, 0.3) is 11.8 Å². The van der Waals surface area contributed by atoms with Crippen LogP contribution in [-0.2, 0) is 25.5 Å². The molecule has 1 aliphatic heterocycles. The Labute approximate surface area is 145 Å². The van der Waals surface area contributed by atoms with Crippen LogP contribution in [-0.4, -0.2) is 47.3 Å². The molecular weight excluding hydrogens is 324 g/mol. The van der Waals surface area contributed by atoms with E-state index in [4.69, 9.17) is 4.74 Å². The first-order valence-electron chi connectivity index (χ1n) is 8.38. The van der Waals surface area contributed by atoms with E-state index in [-0.39, 0.29) is 37.2 Å². The summed E-state index contributed by atoms with van der Waals surface area (Å²) in [5.74, 6) is -1.68. The summed E-state index contributed by atoms with van der Waals surface area (Å²) in [6.45, 7) is 1.45. The number of rotatable bonds is 6. The molecule has 1 heterocycles. The van der Waals surface area contributed by atoms with Crippen LogP contribution in [0.4, 0.5) is 0 Å². The number of carbonyl (C=O) groups is 4. The molecular formula is C18H20N2O5. The van der Waals surface area contributed by atoms with Gasteiger partial charge in [0.15, 0.2) is 6.10 Å². The van der Waals surface area contributed by atoms with Crippen molar-refractivity contribution in [3.8, 4) is 0 Å². The molecule has 1 atom stereocenters. The molecule has 1 aromatic carbocycles. The van der Waals surface area contributed by atoms with Crippen molar-refractivity contribution in [2.75, 3.05) is 6.54 Å². The average Bonchev–Trinajstić information content (AvgIpc) is 3.38. The first-order chi connectivity index (χ1) is 12.0. The number of nitrogens with one attached hydrogen (secondary N) is 1. The van der Waals surface area contributed by atoms with Crippen molar-refractivity contribution in [3.63, 3.8) is 0 Å². The van der Waals surface area contributed by atoms with Crippen molar-refractivity contribution in [3.05, 3.63) is 35.4 Å². The molecule has 1 saturated carbocycles. The maximum Gasteiger partial charge on any atom is 0.308 e. The van der Waals surface area contributed by atoms with Crippen LogP contribution < -0.4 is 5.32 Å². The van der Waals surface area contributed by atoms with Crippen LogP contribution in [0.2, 0.25) is 0 Å². The zero-order valence-electron chi connectivity index (χ0n) is 14.0. The highest BCUT2D eigenvalue weighted by molar-refractivity contribution is 6.09. The molecule has 1 N–H and O–H groups in total. The van der Waals surface area contributed by atoms with Crippen molar-refractivity contribution in [1.82, 2.24) is 10.2 Å². The third kappa shape index (κ3) is 4.04. The summed E-state index contributed by atoms with van der Waals surface area (Å²) in [4.78, 5) is 49.3. The number of ether oxygens (including phenoxy) is 1. The Kier molecular flexibility index (Phi) is 4.83. The topological polar surface area (TPSA) is 92.8 Å². The Morgan fingerprint density at radius 3 is 2.72 bits per heavy atom. The summed E-state index contributed by atoms with van der Waals surface area (Å²) in [7, 11) is 0. The van der Waals surface area contributed by atoms with Gasteiger partial charge in [-0.15, -0.1) is 0 Å². The monoisotopic (exact) mass is 344 g/mol. The average molecular weight is 344 g/mol. The van der Waals surface area contributed by atoms with Gasteiger partial charge in [0.05, 0.1) is 12.8 Å². The lowest BCUT2D eigenvalue weighted by Gasteiger charge is -2.26. The van der Waals surface area contributed by atoms with Crippen LogP contribution in [0.25, 0.3) is 0 Å². The first-order valence-corrected chi connectivity index (χ1v) is 8.38. The van der Waals surface area contributed by atoms with E-state index in [2.05, 4.69) is 5.32 Å². The van der Waals surface area contributed by atoms with E-state index in [9.17, 15) is 19.2 Å². The van der Waals surface area contributed by atoms with Gasteiger partial charge >= 0.3 is 5.97 Å². The van der Waals surface area contributed by atoms with Gasteiger partial charge in [0, 0.05) is 18.2 Å². The van der Waals surface area contributed by atoms with E-state index in [1.807, 2.05) is 0 Å². The van der Waals surface area contributed by atoms with Gasteiger partial charge in [-0.05, 0) is 31.4 Å². The molecule has 0 spiro atoms. The fourth-order valence-electron chi connectivity index (χ4n) is 2.69. The van der Waals surface area contributed by atoms with Crippen molar-refractivity contribution in [2.45, 2.75) is 44.8 Å². The normalized spacial score (nSPS) is 17.7. The van der Waals surface area contributed by atoms with E-state index in [1.165, 1.54) is 6.92 Å². The van der Waals surface area contributed by atoms with Gasteiger partial charge in [-0.1, -0.05) is 18.2 Å². The predicted molar refractivity (Wildman–Crippen MR) is 87.5 cm³/mol. The summed E-state index contributed by atoms with van der Waals surface area (Å²) in [6, 6.07) is 7.12. The Morgan fingerprint density at radius 1 is 1.28 bits per heavy atom. The van der Waals surface area contributed by atoms with Crippen LogP contribution in [0.1, 0.15) is 42.1 Å². The van der Waals surface area contributed by atoms with E-state index in [0.29, 0.717) is 11.1 Å². The zero-order valence-corrected chi connectivity index (χ0v) is 14.0. The SMILES string of the molecule is C[C@@H](OC(=O)CCN1C(=O)Cc2ccccc2C1=O)C(=O)NC1CC1. The number of benzene rings is 1. The van der Waals surface area contributed by atoms with Gasteiger partial charge in [-0.3, -0.25) is 24.1 Å². The second kappa shape index (κ2) is 7.04. The molecule has 7 nitrogen and oxygen atoms in total. The van der Waals surface area contributed by atoms with E-state index in [1.54, 1.807) is 24.3 Å². The molecule has 2 aliphatic rings. The van der Waals surface area contributed by atoms with Gasteiger partial charge in [0.2, 0.25) is 5.91 Å². The third-order valence-corrected chi connectivity index (χ3v) is 4.28. The lowest BCUT2D eigenvalue weighted by molar-refractivity contribution is -0.155. The molecule has 0 aromatic heterocycles. The van der Waals surface area contributed by atoms with Crippen molar-refractivity contribution < 1.29 is 23.9 Å². The second-order valence-corrected chi connectivity index (χ2v) is 6.35. The number of carbonyl (C=O) groups excluding carboxylic acids is 4. The molecule has 0 radical (unpaired) electrons. The minimum absolute atomic E-state index is 0.0538. The van der Waals surface area contributed by atoms with E-state index >= 15 is 0 Å². The van der Waals surface area contributed by atoms with Crippen molar-refractivity contribution >= 4 is 23.7 Å². The number of amides is 3. The molecule has 1 aliphatic carbocycles. The number of esters is 1. The first kappa shape index (κ1) is 17.1. The number of imide groups is 1. The maximum absolute atomic E-state index is 12.4. The van der Waals surface area contributed by atoms with E-state index in [0.717, 1.165) is 17.7 Å². The van der Waals surface area contributed by atoms with Crippen molar-refractivity contribution in [2.24, 2.45) is 0 Å². The molecule has 132 valence electrons. The van der Waals surface area contributed by atoms with Gasteiger partial charge in [0.1, 0.15) is 0 Å². The fraction of sp³-hybridized carbons (Fsp3) is 0.444. The Balaban J connectivity index is 1.52. The van der Waals surface area contributed by atoms with Gasteiger partial charge in [-0.25, -0.2) is 0 Å². The zero-order chi connectivity index (χ0) is 18.0. The Hall–Kier alpha value is -2.70. The summed E-state index contributed by atoms with van der Waals surface area (Å²) >= 11 is 0. The molecule has 1 aromatic rings. The standard InChI is InChI=1S/C18H20N2O5/c1-11(17(23)19-13-6-7-13)25-16(22)8-9-20-15(21)10-12-4-2-3-5-14(12)18(20)24/h2-5,11,13H,6-10H2,1H3,(H,19,23)/t11-/m1/s1. The number of hydrogen-bond acceptors (Lipinski definition) is 5. The highest BCUT2D eigenvalue weighted by Crippen LogP contribution is 2.20. The predicted octanol–water partition coefficient (Wildman–Crippen LogP) is 0.812. The van der Waals surface area contributed by atoms with Crippen molar-refractivity contribution in [1.29, 1.82) is 0 Å². The van der Waals surface area contributed by atoms with Crippen LogP contribution in [0, 0.1) is 0 Å². The van der Waals surface area contributed by atoms with Crippen LogP contribution >= 0.6 is 0 Å². The molecule has 7 heteroatoms. The molecule has 0 saturated heterocycles. The third-order valence-electron chi connectivity index (χ3n) is 4.28. The van der Waals surface area contributed by atoms with Crippen LogP contribution in [0.5, 0.6) is 0 Å². The summed E-state index contributed by atoms with van der Waals surface area (Å²) in [6.07, 6.45) is 1.01. The summed E-state index contributed by atoms with van der Waals surface area (Å²) in [5.41, 5.74) is 1.18. The molecule has 3 rings (SSSR count). The van der Waals surface area contributed by atoms with Gasteiger partial charge in [-0.2, -0.15) is 0 Å². The van der Waals surface area contributed by atoms with E-state index < -0.39 is 18.0 Å². The largest absolute Gasteiger partial charge is 0.452 e. The Bertz CT molecular complexity index is 726. The number of fused-ring (bicyclic) bond motifs is 1.